The SMILES string of the molecule is O=C(COC(=O)C1=C(Nc2ccccc2)OCC1=O)NCc1ccccc1Cl. The van der Waals surface area contributed by atoms with Crippen LogP contribution in [-0.4, -0.2) is 30.9 Å². The lowest BCUT2D eigenvalue weighted by atomic mass is 10.2. The molecule has 0 aromatic heterocycles. The molecule has 0 saturated heterocycles. The maximum Gasteiger partial charge on any atom is 0.347 e. The van der Waals surface area contributed by atoms with Crippen LogP contribution in [0.25, 0.3) is 0 Å². The lowest BCUT2D eigenvalue weighted by molar-refractivity contribution is -0.145. The zero-order valence-electron chi connectivity index (χ0n) is 14.7. The Labute approximate surface area is 166 Å². The fraction of sp³-hybridized carbons (Fsp3) is 0.150. The van der Waals surface area contributed by atoms with Gasteiger partial charge in [-0.2, -0.15) is 0 Å². The molecule has 0 spiro atoms. The number of anilines is 1. The van der Waals surface area contributed by atoms with Crippen molar-refractivity contribution in [2.75, 3.05) is 18.5 Å². The van der Waals surface area contributed by atoms with E-state index in [2.05, 4.69) is 10.6 Å². The zero-order chi connectivity index (χ0) is 19.9. The van der Waals surface area contributed by atoms with Crippen molar-refractivity contribution in [1.82, 2.24) is 5.32 Å². The molecule has 144 valence electrons. The molecular formula is C20H17ClN2O5. The highest BCUT2D eigenvalue weighted by atomic mass is 35.5. The number of para-hydroxylation sites is 1. The Hall–Kier alpha value is -3.32. The van der Waals surface area contributed by atoms with E-state index in [9.17, 15) is 14.4 Å². The Balaban J connectivity index is 1.56. The number of carbonyl (C=O) groups excluding carboxylic acids is 3. The molecule has 2 N–H and O–H groups in total. The van der Waals surface area contributed by atoms with Gasteiger partial charge in [-0.15, -0.1) is 0 Å². The minimum absolute atomic E-state index is 0.0117. The molecule has 1 aliphatic heterocycles. The molecule has 2 aromatic rings. The predicted molar refractivity (Wildman–Crippen MR) is 102 cm³/mol. The number of esters is 1. The second-order valence-corrected chi connectivity index (χ2v) is 6.26. The highest BCUT2D eigenvalue weighted by molar-refractivity contribution is 6.31. The van der Waals surface area contributed by atoms with E-state index < -0.39 is 24.3 Å². The third-order valence-electron chi connectivity index (χ3n) is 3.86. The second-order valence-electron chi connectivity index (χ2n) is 5.85. The number of ether oxygens (including phenoxy) is 2. The van der Waals surface area contributed by atoms with Gasteiger partial charge in [-0.05, 0) is 23.8 Å². The molecule has 1 heterocycles. The molecule has 0 radical (unpaired) electrons. The molecule has 28 heavy (non-hydrogen) atoms. The van der Waals surface area contributed by atoms with Gasteiger partial charge in [-0.25, -0.2) is 4.79 Å². The van der Waals surface area contributed by atoms with Gasteiger partial charge < -0.3 is 20.1 Å². The summed E-state index contributed by atoms with van der Waals surface area (Å²) in [5, 5.41) is 5.99. The topological polar surface area (TPSA) is 93.7 Å². The third-order valence-corrected chi connectivity index (χ3v) is 4.23. The number of halogens is 1. The molecule has 8 heteroatoms. The Morgan fingerprint density at radius 2 is 1.79 bits per heavy atom. The third kappa shape index (κ3) is 4.89. The van der Waals surface area contributed by atoms with Crippen molar-refractivity contribution in [2.45, 2.75) is 6.54 Å². The minimum Gasteiger partial charge on any atom is -0.470 e. The average molecular weight is 401 g/mol. The Bertz CT molecular complexity index is 927. The zero-order valence-corrected chi connectivity index (χ0v) is 15.5. The van der Waals surface area contributed by atoms with Crippen molar-refractivity contribution in [3.63, 3.8) is 0 Å². The standard InChI is InChI=1S/C20H17ClN2O5/c21-15-9-5-4-6-13(15)10-22-17(25)12-28-20(26)18-16(24)11-27-19(18)23-14-7-2-1-3-8-14/h1-9,23H,10-12H2,(H,22,25). The Kier molecular flexibility index (Phi) is 6.29. The monoisotopic (exact) mass is 400 g/mol. The summed E-state index contributed by atoms with van der Waals surface area (Å²) in [6.45, 7) is -0.599. The number of hydrogen-bond acceptors (Lipinski definition) is 6. The predicted octanol–water partition coefficient (Wildman–Crippen LogP) is 2.42. The number of carbonyl (C=O) groups is 3. The van der Waals surface area contributed by atoms with E-state index in [0.717, 1.165) is 5.56 Å². The van der Waals surface area contributed by atoms with Gasteiger partial charge in [0.25, 0.3) is 5.91 Å². The number of benzene rings is 2. The molecule has 1 amide bonds. The largest absolute Gasteiger partial charge is 0.470 e. The Morgan fingerprint density at radius 1 is 1.07 bits per heavy atom. The first-order valence-electron chi connectivity index (χ1n) is 8.44. The van der Waals surface area contributed by atoms with Crippen LogP contribution in [0.3, 0.4) is 0 Å². The summed E-state index contributed by atoms with van der Waals surface area (Å²) in [5.41, 5.74) is 1.14. The van der Waals surface area contributed by atoms with E-state index in [4.69, 9.17) is 21.1 Å². The van der Waals surface area contributed by atoms with E-state index in [1.807, 2.05) is 6.07 Å². The van der Waals surface area contributed by atoms with Crippen molar-refractivity contribution in [1.29, 1.82) is 0 Å². The van der Waals surface area contributed by atoms with Gasteiger partial charge in [0.15, 0.2) is 18.8 Å². The van der Waals surface area contributed by atoms with Crippen LogP contribution < -0.4 is 10.6 Å². The normalized spacial score (nSPS) is 13.1. The fourth-order valence-corrected chi connectivity index (χ4v) is 2.66. The maximum absolute atomic E-state index is 12.3. The second kappa shape index (κ2) is 9.05. The molecule has 3 rings (SSSR count). The first kappa shape index (κ1) is 19.4. The highest BCUT2D eigenvalue weighted by Crippen LogP contribution is 2.20. The summed E-state index contributed by atoms with van der Waals surface area (Å²) < 4.78 is 10.2. The number of nitrogens with one attached hydrogen (secondary N) is 2. The van der Waals surface area contributed by atoms with Crippen LogP contribution in [0, 0.1) is 0 Å². The summed E-state index contributed by atoms with van der Waals surface area (Å²) in [4.78, 5) is 36.2. The number of amides is 1. The van der Waals surface area contributed by atoms with Crippen LogP contribution in [0.1, 0.15) is 5.56 Å². The summed E-state index contributed by atoms with van der Waals surface area (Å²) in [6.07, 6.45) is 0. The quantitative estimate of drug-likeness (QED) is 0.547. The lowest BCUT2D eigenvalue weighted by Gasteiger charge is -2.09. The number of rotatable bonds is 7. The van der Waals surface area contributed by atoms with E-state index >= 15 is 0 Å². The molecule has 0 bridgehead atoms. The molecule has 2 aromatic carbocycles. The Morgan fingerprint density at radius 3 is 2.54 bits per heavy atom. The molecule has 0 fully saturated rings. The molecule has 0 atom stereocenters. The molecular weight excluding hydrogens is 384 g/mol. The van der Waals surface area contributed by atoms with Gasteiger partial charge in [0.2, 0.25) is 11.7 Å². The van der Waals surface area contributed by atoms with E-state index in [0.29, 0.717) is 10.7 Å². The van der Waals surface area contributed by atoms with Crippen LogP contribution in [0.2, 0.25) is 5.02 Å². The van der Waals surface area contributed by atoms with Crippen LogP contribution in [0.15, 0.2) is 66.1 Å². The summed E-state index contributed by atoms with van der Waals surface area (Å²) in [6, 6.07) is 16.0. The molecule has 1 aliphatic rings. The summed E-state index contributed by atoms with van der Waals surface area (Å²) in [5.74, 6) is -1.94. The van der Waals surface area contributed by atoms with Gasteiger partial charge in [0, 0.05) is 17.3 Å². The molecule has 0 unspecified atom stereocenters. The van der Waals surface area contributed by atoms with E-state index in [-0.39, 0.29) is 24.6 Å². The minimum atomic E-state index is -0.922. The van der Waals surface area contributed by atoms with Crippen molar-refractivity contribution >= 4 is 34.9 Å². The first-order chi connectivity index (χ1) is 13.5. The van der Waals surface area contributed by atoms with Crippen LogP contribution in [0.4, 0.5) is 5.69 Å². The molecule has 7 nitrogen and oxygen atoms in total. The highest BCUT2D eigenvalue weighted by Gasteiger charge is 2.32. The van der Waals surface area contributed by atoms with Crippen molar-refractivity contribution in [2.24, 2.45) is 0 Å². The first-order valence-corrected chi connectivity index (χ1v) is 8.82. The van der Waals surface area contributed by atoms with Crippen LogP contribution >= 0.6 is 11.6 Å². The summed E-state index contributed by atoms with van der Waals surface area (Å²) in [7, 11) is 0. The van der Waals surface area contributed by atoms with E-state index in [1.165, 1.54) is 0 Å². The molecule has 0 aliphatic carbocycles. The van der Waals surface area contributed by atoms with Crippen LogP contribution in [-0.2, 0) is 30.4 Å². The number of hydrogen-bond donors (Lipinski definition) is 2. The van der Waals surface area contributed by atoms with Gasteiger partial charge in [-0.3, -0.25) is 9.59 Å². The van der Waals surface area contributed by atoms with E-state index in [1.54, 1.807) is 48.5 Å². The fourth-order valence-electron chi connectivity index (χ4n) is 2.46. The average Bonchev–Trinajstić information content (AvgIpc) is 3.06. The van der Waals surface area contributed by atoms with Crippen molar-refractivity contribution in [3.8, 4) is 0 Å². The number of ketones is 1. The number of Topliss-reactive ketones (excluding diaryl/α,β-unsaturated/α-hetero) is 1. The lowest BCUT2D eigenvalue weighted by Crippen LogP contribution is -2.29. The van der Waals surface area contributed by atoms with Crippen LogP contribution in [0.5, 0.6) is 0 Å². The maximum atomic E-state index is 12.3. The van der Waals surface area contributed by atoms with Gasteiger partial charge in [0.05, 0.1) is 0 Å². The van der Waals surface area contributed by atoms with Crippen molar-refractivity contribution in [3.05, 3.63) is 76.6 Å². The van der Waals surface area contributed by atoms with Crippen molar-refractivity contribution < 1.29 is 23.9 Å². The smallest absolute Gasteiger partial charge is 0.347 e. The van der Waals surface area contributed by atoms with Gasteiger partial charge >= 0.3 is 5.97 Å². The van der Waals surface area contributed by atoms with Gasteiger partial charge in [0.1, 0.15) is 0 Å². The molecule has 0 saturated carbocycles. The summed E-state index contributed by atoms with van der Waals surface area (Å²) >= 11 is 6.02. The van der Waals surface area contributed by atoms with Gasteiger partial charge in [-0.1, -0.05) is 48.0 Å².